The summed E-state index contributed by atoms with van der Waals surface area (Å²) >= 11 is 0. The van der Waals surface area contributed by atoms with Gasteiger partial charge in [0.25, 0.3) is 5.91 Å². The Bertz CT molecular complexity index is 369. The quantitative estimate of drug-likeness (QED) is 0.840. The Morgan fingerprint density at radius 1 is 1.17 bits per heavy atom. The lowest BCUT2D eigenvalue weighted by Crippen LogP contribution is -2.25. The van der Waals surface area contributed by atoms with Gasteiger partial charge >= 0.3 is 0 Å². The first kappa shape index (κ1) is 14.6. The van der Waals surface area contributed by atoms with Gasteiger partial charge in [0.2, 0.25) is 0 Å². The molecule has 0 radical (unpaired) electrons. The molecule has 1 aromatic rings. The van der Waals surface area contributed by atoms with Gasteiger partial charge in [0.1, 0.15) is 5.75 Å². The number of carbonyl (C=O) groups is 1. The monoisotopic (exact) mass is 249 g/mol. The maximum Gasteiger partial charge on any atom is 0.251 e. The second-order valence-electron chi connectivity index (χ2n) is 5.13. The number of benzene rings is 1. The van der Waals surface area contributed by atoms with Crippen molar-refractivity contribution in [2.45, 2.75) is 40.2 Å². The lowest BCUT2D eigenvalue weighted by atomic mass is 10.1. The molecule has 0 spiro atoms. The summed E-state index contributed by atoms with van der Waals surface area (Å²) in [5.74, 6) is 1.38. The van der Waals surface area contributed by atoms with E-state index in [2.05, 4.69) is 19.2 Å². The van der Waals surface area contributed by atoms with Gasteiger partial charge in [0.15, 0.2) is 0 Å². The summed E-state index contributed by atoms with van der Waals surface area (Å²) < 4.78 is 5.53. The molecule has 1 N–H and O–H groups in total. The summed E-state index contributed by atoms with van der Waals surface area (Å²) in [7, 11) is 0. The van der Waals surface area contributed by atoms with Gasteiger partial charge in [-0.1, -0.05) is 13.8 Å². The molecule has 0 atom stereocenters. The zero-order valence-corrected chi connectivity index (χ0v) is 11.7. The molecular weight excluding hydrogens is 226 g/mol. The lowest BCUT2D eigenvalue weighted by molar-refractivity contribution is 0.0952. The van der Waals surface area contributed by atoms with E-state index in [1.807, 2.05) is 26.0 Å². The number of hydrogen-bond acceptors (Lipinski definition) is 2. The zero-order valence-electron chi connectivity index (χ0n) is 11.7. The molecule has 0 heterocycles. The fraction of sp³-hybridized carbons (Fsp3) is 0.533. The Hall–Kier alpha value is -1.51. The average molecular weight is 249 g/mol. The summed E-state index contributed by atoms with van der Waals surface area (Å²) in [4.78, 5) is 11.8. The maximum atomic E-state index is 11.8. The van der Waals surface area contributed by atoms with Crippen LogP contribution in [0.5, 0.6) is 5.75 Å². The van der Waals surface area contributed by atoms with E-state index in [9.17, 15) is 4.79 Å². The Balaban J connectivity index is 2.48. The van der Waals surface area contributed by atoms with Gasteiger partial charge < -0.3 is 10.1 Å². The summed E-state index contributed by atoms with van der Waals surface area (Å²) in [5.41, 5.74) is 0.676. The van der Waals surface area contributed by atoms with Crippen LogP contribution in [0.15, 0.2) is 24.3 Å². The van der Waals surface area contributed by atoms with E-state index in [-0.39, 0.29) is 12.0 Å². The van der Waals surface area contributed by atoms with Crippen LogP contribution in [-0.4, -0.2) is 18.6 Å². The van der Waals surface area contributed by atoms with Crippen LogP contribution in [0.3, 0.4) is 0 Å². The van der Waals surface area contributed by atoms with Gasteiger partial charge in [0, 0.05) is 12.1 Å². The largest absolute Gasteiger partial charge is 0.491 e. The maximum absolute atomic E-state index is 11.8. The molecule has 0 aliphatic carbocycles. The van der Waals surface area contributed by atoms with E-state index >= 15 is 0 Å². The van der Waals surface area contributed by atoms with Gasteiger partial charge in [-0.2, -0.15) is 0 Å². The van der Waals surface area contributed by atoms with Crippen LogP contribution in [0.1, 0.15) is 44.5 Å². The fourth-order valence-electron chi connectivity index (χ4n) is 1.53. The number of nitrogens with one attached hydrogen (secondary N) is 1. The Morgan fingerprint density at radius 2 is 1.78 bits per heavy atom. The molecule has 1 aromatic carbocycles. The summed E-state index contributed by atoms with van der Waals surface area (Å²) in [6, 6.07) is 7.25. The molecule has 100 valence electrons. The molecule has 0 fully saturated rings. The first-order chi connectivity index (χ1) is 8.49. The van der Waals surface area contributed by atoms with Crippen molar-refractivity contribution in [2.75, 3.05) is 6.54 Å². The number of rotatable bonds is 6. The minimum atomic E-state index is -0.0215. The van der Waals surface area contributed by atoms with Crippen molar-refractivity contribution in [2.24, 2.45) is 5.92 Å². The molecule has 18 heavy (non-hydrogen) atoms. The first-order valence-electron chi connectivity index (χ1n) is 6.54. The molecular formula is C15H23NO2. The standard InChI is InChI=1S/C15H23NO2/c1-11(2)9-10-16-15(17)13-5-7-14(8-6-13)18-12(3)4/h5-8,11-12H,9-10H2,1-4H3,(H,16,17). The molecule has 1 amide bonds. The smallest absolute Gasteiger partial charge is 0.251 e. The Labute approximate surface area is 110 Å². The number of hydrogen-bond donors (Lipinski definition) is 1. The van der Waals surface area contributed by atoms with Gasteiger partial charge in [-0.25, -0.2) is 0 Å². The third-order valence-electron chi connectivity index (χ3n) is 2.50. The van der Waals surface area contributed by atoms with Crippen molar-refractivity contribution in [3.8, 4) is 5.75 Å². The number of amides is 1. The molecule has 0 unspecified atom stereocenters. The molecule has 3 nitrogen and oxygen atoms in total. The molecule has 0 saturated carbocycles. The van der Waals surface area contributed by atoms with Gasteiger partial charge in [-0.05, 0) is 50.5 Å². The summed E-state index contributed by atoms with van der Waals surface area (Å²) in [6.45, 7) is 8.97. The minimum absolute atomic E-state index is 0.0215. The molecule has 0 aliphatic heterocycles. The molecule has 0 bridgehead atoms. The van der Waals surface area contributed by atoms with Crippen molar-refractivity contribution >= 4 is 5.91 Å². The molecule has 0 aromatic heterocycles. The SMILES string of the molecule is CC(C)CCNC(=O)c1ccc(OC(C)C)cc1. The second kappa shape index (κ2) is 7.04. The van der Waals surface area contributed by atoms with Gasteiger partial charge in [0.05, 0.1) is 6.10 Å². The van der Waals surface area contributed by atoms with Gasteiger partial charge in [-0.3, -0.25) is 4.79 Å². The highest BCUT2D eigenvalue weighted by Gasteiger charge is 2.05. The third kappa shape index (κ3) is 5.21. The molecule has 3 heteroatoms. The Kier molecular flexibility index (Phi) is 5.69. The topological polar surface area (TPSA) is 38.3 Å². The highest BCUT2D eigenvalue weighted by atomic mass is 16.5. The second-order valence-corrected chi connectivity index (χ2v) is 5.13. The minimum Gasteiger partial charge on any atom is -0.491 e. The molecule has 0 saturated heterocycles. The highest BCUT2D eigenvalue weighted by molar-refractivity contribution is 5.94. The summed E-state index contributed by atoms with van der Waals surface area (Å²) in [6.07, 6.45) is 1.15. The van der Waals surface area contributed by atoms with Crippen molar-refractivity contribution in [1.29, 1.82) is 0 Å². The number of carbonyl (C=O) groups excluding carboxylic acids is 1. The van der Waals surface area contributed by atoms with E-state index in [4.69, 9.17) is 4.74 Å². The van der Waals surface area contributed by atoms with Crippen molar-refractivity contribution in [3.63, 3.8) is 0 Å². The van der Waals surface area contributed by atoms with Crippen LogP contribution >= 0.6 is 0 Å². The van der Waals surface area contributed by atoms with E-state index in [0.29, 0.717) is 11.5 Å². The van der Waals surface area contributed by atoms with Crippen LogP contribution < -0.4 is 10.1 Å². The highest BCUT2D eigenvalue weighted by Crippen LogP contribution is 2.13. The first-order valence-corrected chi connectivity index (χ1v) is 6.54. The van der Waals surface area contributed by atoms with Crippen LogP contribution in [0.2, 0.25) is 0 Å². The van der Waals surface area contributed by atoms with Gasteiger partial charge in [-0.15, -0.1) is 0 Å². The van der Waals surface area contributed by atoms with Crippen LogP contribution in [0, 0.1) is 5.92 Å². The summed E-state index contributed by atoms with van der Waals surface area (Å²) in [5, 5.41) is 2.91. The average Bonchev–Trinajstić information content (AvgIpc) is 2.28. The lowest BCUT2D eigenvalue weighted by Gasteiger charge is -2.10. The van der Waals surface area contributed by atoms with Crippen molar-refractivity contribution in [1.82, 2.24) is 5.32 Å². The fourth-order valence-corrected chi connectivity index (χ4v) is 1.53. The van der Waals surface area contributed by atoms with Crippen LogP contribution in [0.4, 0.5) is 0 Å². The predicted octanol–water partition coefficient (Wildman–Crippen LogP) is 3.25. The number of ether oxygens (including phenoxy) is 1. The van der Waals surface area contributed by atoms with Crippen LogP contribution in [-0.2, 0) is 0 Å². The third-order valence-corrected chi connectivity index (χ3v) is 2.50. The van der Waals surface area contributed by atoms with Crippen molar-refractivity contribution < 1.29 is 9.53 Å². The molecule has 0 aliphatic rings. The van der Waals surface area contributed by atoms with Crippen molar-refractivity contribution in [3.05, 3.63) is 29.8 Å². The van der Waals surface area contributed by atoms with E-state index in [1.165, 1.54) is 0 Å². The van der Waals surface area contributed by atoms with E-state index < -0.39 is 0 Å². The normalized spacial score (nSPS) is 10.8. The van der Waals surface area contributed by atoms with Crippen LogP contribution in [0.25, 0.3) is 0 Å². The zero-order chi connectivity index (χ0) is 13.5. The Morgan fingerprint density at radius 3 is 2.28 bits per heavy atom. The van der Waals surface area contributed by atoms with E-state index in [0.717, 1.165) is 18.7 Å². The predicted molar refractivity (Wildman–Crippen MR) is 74.0 cm³/mol. The molecule has 1 rings (SSSR count). The van der Waals surface area contributed by atoms with E-state index in [1.54, 1.807) is 12.1 Å².